The molecule has 0 aliphatic heterocycles. The molecule has 0 aliphatic carbocycles. The Morgan fingerprint density at radius 1 is 1.10 bits per heavy atom. The maximum atomic E-state index is 12.4. The molecule has 0 saturated heterocycles. The van der Waals surface area contributed by atoms with Gasteiger partial charge in [0.25, 0.3) is 11.8 Å². The van der Waals surface area contributed by atoms with Crippen LogP contribution in [0.5, 0.6) is 0 Å². The predicted molar refractivity (Wildman–Crippen MR) is 116 cm³/mol. The lowest BCUT2D eigenvalue weighted by Gasteiger charge is -2.28. The summed E-state index contributed by atoms with van der Waals surface area (Å²) in [6, 6.07) is 13.5. The summed E-state index contributed by atoms with van der Waals surface area (Å²) in [5.74, 6) is 4.60. The average Bonchev–Trinajstić information content (AvgIpc) is 2.74. The van der Waals surface area contributed by atoms with Crippen LogP contribution in [-0.2, 0) is 11.2 Å². The molecule has 0 fully saturated rings. The van der Waals surface area contributed by atoms with Crippen molar-refractivity contribution in [3.05, 3.63) is 76.9 Å². The molecule has 0 bridgehead atoms. The zero-order valence-corrected chi connectivity index (χ0v) is 17.3. The van der Waals surface area contributed by atoms with Gasteiger partial charge in [0, 0.05) is 11.1 Å². The first-order valence-electron chi connectivity index (χ1n) is 9.59. The Labute approximate surface area is 176 Å². The zero-order valence-electron chi connectivity index (χ0n) is 17.3. The van der Waals surface area contributed by atoms with Crippen molar-refractivity contribution in [1.82, 2.24) is 10.8 Å². The van der Waals surface area contributed by atoms with Gasteiger partial charge in [0.05, 0.1) is 5.60 Å². The highest BCUT2D eigenvalue weighted by Crippen LogP contribution is 2.11. The second-order valence-electron chi connectivity index (χ2n) is 7.31. The van der Waals surface area contributed by atoms with Crippen LogP contribution in [0.15, 0.2) is 54.6 Å². The summed E-state index contributed by atoms with van der Waals surface area (Å²) in [7, 11) is 0. The third-order valence-electron chi connectivity index (χ3n) is 4.46. The van der Waals surface area contributed by atoms with Gasteiger partial charge >= 0.3 is 0 Å². The Hall–Kier alpha value is -3.40. The molecule has 6 heteroatoms. The third-order valence-corrected chi connectivity index (χ3v) is 4.46. The van der Waals surface area contributed by atoms with Gasteiger partial charge in [-0.2, -0.15) is 0 Å². The summed E-state index contributed by atoms with van der Waals surface area (Å²) < 4.78 is 0. The molecule has 30 heavy (non-hydrogen) atoms. The molecule has 2 amide bonds. The van der Waals surface area contributed by atoms with Gasteiger partial charge in [-0.15, -0.1) is 0 Å². The lowest BCUT2D eigenvalue weighted by Crippen LogP contribution is -2.57. The van der Waals surface area contributed by atoms with Gasteiger partial charge < -0.3 is 10.4 Å². The van der Waals surface area contributed by atoms with Crippen LogP contribution >= 0.6 is 0 Å². The largest absolute Gasteiger partial charge is 0.388 e. The molecule has 0 radical (unpaired) electrons. The SMILES string of the molecule is CCc1ccc(C#C/C=C/c2ccc(C(=O)N[C@H](C(=O)NO)C(C)(C)O)cc2)cc1. The minimum absolute atomic E-state index is 0.314. The lowest BCUT2D eigenvalue weighted by atomic mass is 9.97. The molecule has 6 nitrogen and oxygen atoms in total. The number of amides is 2. The maximum Gasteiger partial charge on any atom is 0.268 e. The van der Waals surface area contributed by atoms with Gasteiger partial charge in [-0.3, -0.25) is 14.8 Å². The van der Waals surface area contributed by atoms with Crippen LogP contribution in [0.25, 0.3) is 6.08 Å². The summed E-state index contributed by atoms with van der Waals surface area (Å²) in [5.41, 5.74) is 3.27. The summed E-state index contributed by atoms with van der Waals surface area (Å²) in [6.45, 7) is 4.83. The number of nitrogens with one attached hydrogen (secondary N) is 2. The van der Waals surface area contributed by atoms with Crippen molar-refractivity contribution in [2.75, 3.05) is 0 Å². The van der Waals surface area contributed by atoms with E-state index < -0.39 is 23.5 Å². The lowest BCUT2D eigenvalue weighted by molar-refractivity contribution is -0.136. The molecular formula is C24H26N2O4. The van der Waals surface area contributed by atoms with Gasteiger partial charge in [-0.1, -0.05) is 43.0 Å². The summed E-state index contributed by atoms with van der Waals surface area (Å²) >= 11 is 0. The smallest absolute Gasteiger partial charge is 0.268 e. The summed E-state index contributed by atoms with van der Waals surface area (Å²) in [4.78, 5) is 24.1. The number of aliphatic hydroxyl groups is 1. The molecule has 0 saturated carbocycles. The zero-order chi connectivity index (χ0) is 22.1. The van der Waals surface area contributed by atoms with Crippen molar-refractivity contribution in [3.8, 4) is 11.8 Å². The Morgan fingerprint density at radius 2 is 1.73 bits per heavy atom. The Bertz CT molecular complexity index is 959. The summed E-state index contributed by atoms with van der Waals surface area (Å²) in [5, 5.41) is 21.3. The molecule has 0 aliphatic rings. The van der Waals surface area contributed by atoms with Crippen molar-refractivity contribution < 1.29 is 19.9 Å². The van der Waals surface area contributed by atoms with Gasteiger partial charge in [0.2, 0.25) is 0 Å². The Balaban J connectivity index is 2.02. The standard InChI is InChI=1S/C24H26N2O4/c1-4-17-9-11-18(12-10-17)7-5-6-8-19-13-15-20(16-14-19)22(27)25-21(23(28)26-30)24(2,3)29/h6,8-16,21,29-30H,4H2,1-3H3,(H,25,27)(H,26,28)/b8-6+/t21-/m1/s1. The van der Waals surface area contributed by atoms with Crippen molar-refractivity contribution in [2.45, 2.75) is 38.8 Å². The monoisotopic (exact) mass is 406 g/mol. The maximum absolute atomic E-state index is 12.4. The minimum Gasteiger partial charge on any atom is -0.388 e. The van der Waals surface area contributed by atoms with Gasteiger partial charge in [-0.05, 0) is 67.8 Å². The number of hydroxylamine groups is 1. The van der Waals surface area contributed by atoms with Gasteiger partial charge in [-0.25, -0.2) is 5.48 Å². The van der Waals surface area contributed by atoms with Gasteiger partial charge in [0.15, 0.2) is 0 Å². The highest BCUT2D eigenvalue weighted by Gasteiger charge is 2.34. The predicted octanol–water partition coefficient (Wildman–Crippen LogP) is 2.69. The highest BCUT2D eigenvalue weighted by molar-refractivity contribution is 5.97. The Kier molecular flexibility index (Phi) is 7.93. The van der Waals surface area contributed by atoms with Gasteiger partial charge in [0.1, 0.15) is 6.04 Å². The van der Waals surface area contributed by atoms with Crippen LogP contribution in [0.1, 0.15) is 47.8 Å². The number of benzene rings is 2. The van der Waals surface area contributed by atoms with E-state index in [0.717, 1.165) is 17.5 Å². The molecule has 2 rings (SSSR count). The molecule has 0 unspecified atom stereocenters. The molecule has 0 heterocycles. The molecule has 0 aromatic heterocycles. The van der Waals surface area contributed by atoms with Crippen molar-refractivity contribution >= 4 is 17.9 Å². The highest BCUT2D eigenvalue weighted by atomic mass is 16.5. The van der Waals surface area contributed by atoms with Crippen LogP contribution in [-0.4, -0.2) is 33.8 Å². The van der Waals surface area contributed by atoms with Crippen molar-refractivity contribution in [1.29, 1.82) is 0 Å². The van der Waals surface area contributed by atoms with Crippen LogP contribution < -0.4 is 10.8 Å². The van der Waals surface area contributed by atoms with Crippen molar-refractivity contribution in [2.24, 2.45) is 0 Å². The molecule has 2 aromatic rings. The van der Waals surface area contributed by atoms with Crippen LogP contribution in [0, 0.1) is 11.8 Å². The van der Waals surface area contributed by atoms with Crippen LogP contribution in [0.3, 0.4) is 0 Å². The van der Waals surface area contributed by atoms with E-state index in [-0.39, 0.29) is 0 Å². The number of carbonyl (C=O) groups is 2. The fourth-order valence-electron chi connectivity index (χ4n) is 2.67. The number of hydrogen-bond acceptors (Lipinski definition) is 4. The van der Waals surface area contributed by atoms with E-state index in [1.54, 1.807) is 30.3 Å². The number of allylic oxidation sites excluding steroid dienone is 1. The van der Waals surface area contributed by atoms with E-state index in [1.807, 2.05) is 18.2 Å². The minimum atomic E-state index is -1.55. The molecule has 4 N–H and O–H groups in total. The second-order valence-corrected chi connectivity index (χ2v) is 7.31. The topological polar surface area (TPSA) is 98.7 Å². The Morgan fingerprint density at radius 3 is 2.27 bits per heavy atom. The van der Waals surface area contributed by atoms with E-state index in [4.69, 9.17) is 5.21 Å². The molecule has 2 aromatic carbocycles. The molecular weight excluding hydrogens is 380 g/mol. The fourth-order valence-corrected chi connectivity index (χ4v) is 2.67. The van der Waals surface area contributed by atoms with Crippen LogP contribution in [0.4, 0.5) is 0 Å². The fraction of sp³-hybridized carbons (Fsp3) is 0.250. The number of hydrogen-bond donors (Lipinski definition) is 4. The second kappa shape index (κ2) is 10.4. The summed E-state index contributed by atoms with van der Waals surface area (Å²) in [6.07, 6.45) is 4.56. The van der Waals surface area contributed by atoms with E-state index in [1.165, 1.54) is 24.9 Å². The van der Waals surface area contributed by atoms with Crippen molar-refractivity contribution in [3.63, 3.8) is 0 Å². The van der Waals surface area contributed by atoms with E-state index in [9.17, 15) is 14.7 Å². The third kappa shape index (κ3) is 6.59. The number of rotatable bonds is 6. The van der Waals surface area contributed by atoms with E-state index in [2.05, 4.69) is 36.2 Å². The number of aryl methyl sites for hydroxylation is 1. The average molecular weight is 406 g/mol. The first-order chi connectivity index (χ1) is 14.2. The number of carbonyl (C=O) groups excluding carboxylic acids is 2. The van der Waals surface area contributed by atoms with Crippen LogP contribution in [0.2, 0.25) is 0 Å². The first-order valence-corrected chi connectivity index (χ1v) is 9.59. The van der Waals surface area contributed by atoms with E-state index in [0.29, 0.717) is 5.56 Å². The van der Waals surface area contributed by atoms with E-state index >= 15 is 0 Å². The molecule has 156 valence electrons. The molecule has 0 spiro atoms. The molecule has 1 atom stereocenters. The normalized spacial score (nSPS) is 12.0. The quantitative estimate of drug-likeness (QED) is 0.337. The first kappa shape index (κ1) is 22.9.